The molecule has 1 heterocycles. The first-order valence-corrected chi connectivity index (χ1v) is 6.81. The number of carbonyl (C=O) groups is 2. The van der Waals surface area contributed by atoms with Gasteiger partial charge in [0.05, 0.1) is 7.11 Å². The van der Waals surface area contributed by atoms with E-state index >= 15 is 0 Å². The molecule has 1 aromatic carbocycles. The van der Waals surface area contributed by atoms with Gasteiger partial charge in [0.15, 0.2) is 0 Å². The number of ether oxygens (including phenoxy) is 2. The van der Waals surface area contributed by atoms with Crippen molar-refractivity contribution in [2.24, 2.45) is 0 Å². The molecule has 0 saturated carbocycles. The predicted molar refractivity (Wildman–Crippen MR) is 77.9 cm³/mol. The second-order valence-corrected chi connectivity index (χ2v) is 4.88. The molecule has 1 aliphatic heterocycles. The van der Waals surface area contributed by atoms with Gasteiger partial charge in [-0.2, -0.15) is 0 Å². The fraction of sp³-hybridized carbons (Fsp3) is 0.467. The SMILES string of the molecule is COc1ccc(N(CN2C(=O)CC[C@@H]2OC)C(C)=O)cc1. The van der Waals surface area contributed by atoms with Gasteiger partial charge in [-0.1, -0.05) is 0 Å². The lowest BCUT2D eigenvalue weighted by atomic mass is 10.2. The number of amides is 2. The van der Waals surface area contributed by atoms with Gasteiger partial charge in [0.1, 0.15) is 18.6 Å². The minimum atomic E-state index is -0.266. The number of anilines is 1. The summed E-state index contributed by atoms with van der Waals surface area (Å²) in [6.45, 7) is 1.67. The van der Waals surface area contributed by atoms with Gasteiger partial charge >= 0.3 is 0 Å². The Hall–Kier alpha value is -2.08. The maximum Gasteiger partial charge on any atom is 0.226 e. The number of methoxy groups -OCH3 is 2. The molecule has 21 heavy (non-hydrogen) atoms. The molecule has 0 N–H and O–H groups in total. The summed E-state index contributed by atoms with van der Waals surface area (Å²) in [5, 5.41) is 0. The molecule has 0 unspecified atom stereocenters. The number of nitrogens with zero attached hydrogens (tertiary/aromatic N) is 2. The van der Waals surface area contributed by atoms with Crippen LogP contribution in [-0.4, -0.2) is 43.8 Å². The maximum atomic E-state index is 11.9. The van der Waals surface area contributed by atoms with Crippen molar-refractivity contribution in [1.29, 1.82) is 0 Å². The highest BCUT2D eigenvalue weighted by atomic mass is 16.5. The predicted octanol–water partition coefficient (Wildman–Crippen LogP) is 1.60. The lowest BCUT2D eigenvalue weighted by molar-refractivity contribution is -0.135. The Labute approximate surface area is 124 Å². The zero-order chi connectivity index (χ0) is 15.4. The molecule has 0 aromatic heterocycles. The van der Waals surface area contributed by atoms with Gasteiger partial charge in [-0.3, -0.25) is 19.4 Å². The largest absolute Gasteiger partial charge is 0.497 e. The zero-order valence-electron chi connectivity index (χ0n) is 12.5. The van der Waals surface area contributed by atoms with Crippen molar-refractivity contribution < 1.29 is 19.1 Å². The molecular formula is C15H20N2O4. The van der Waals surface area contributed by atoms with Gasteiger partial charge in [-0.25, -0.2) is 0 Å². The molecule has 6 heteroatoms. The number of hydrogen-bond acceptors (Lipinski definition) is 4. The third-order valence-electron chi connectivity index (χ3n) is 3.60. The van der Waals surface area contributed by atoms with Gasteiger partial charge < -0.3 is 9.47 Å². The monoisotopic (exact) mass is 292 g/mol. The van der Waals surface area contributed by atoms with Crippen LogP contribution in [0.3, 0.4) is 0 Å². The molecule has 0 radical (unpaired) electrons. The topological polar surface area (TPSA) is 59.1 Å². The fourth-order valence-electron chi connectivity index (χ4n) is 2.40. The van der Waals surface area contributed by atoms with Crippen LogP contribution >= 0.6 is 0 Å². The Morgan fingerprint density at radius 2 is 2.00 bits per heavy atom. The molecule has 0 aliphatic carbocycles. The standard InChI is InChI=1S/C15H20N2O4/c1-11(18)16(12-4-6-13(20-2)7-5-12)10-17-14(19)8-9-15(17)21-3/h4-7,15H,8-10H2,1-3H3/t15-/m0/s1. The van der Waals surface area contributed by atoms with Crippen LogP contribution in [0.4, 0.5) is 5.69 Å². The first kappa shape index (κ1) is 15.3. The van der Waals surface area contributed by atoms with E-state index in [-0.39, 0.29) is 24.7 Å². The van der Waals surface area contributed by atoms with Crippen LogP contribution in [0, 0.1) is 0 Å². The van der Waals surface area contributed by atoms with Crippen molar-refractivity contribution >= 4 is 17.5 Å². The number of carbonyl (C=O) groups excluding carboxylic acids is 2. The number of likely N-dealkylation sites (tertiary alicyclic amines) is 1. The van der Waals surface area contributed by atoms with E-state index in [4.69, 9.17) is 9.47 Å². The Bertz CT molecular complexity index is 515. The van der Waals surface area contributed by atoms with Crippen LogP contribution in [0.15, 0.2) is 24.3 Å². The summed E-state index contributed by atoms with van der Waals surface area (Å²) in [5.41, 5.74) is 0.720. The van der Waals surface area contributed by atoms with Crippen molar-refractivity contribution in [3.8, 4) is 5.75 Å². The van der Waals surface area contributed by atoms with Crippen molar-refractivity contribution in [2.75, 3.05) is 25.8 Å². The maximum absolute atomic E-state index is 11.9. The van der Waals surface area contributed by atoms with Gasteiger partial charge in [0, 0.05) is 32.6 Å². The lowest BCUT2D eigenvalue weighted by Crippen LogP contribution is -2.45. The molecule has 0 spiro atoms. The summed E-state index contributed by atoms with van der Waals surface area (Å²) in [6, 6.07) is 7.15. The third kappa shape index (κ3) is 3.33. The molecule has 0 bridgehead atoms. The third-order valence-corrected chi connectivity index (χ3v) is 3.60. The summed E-state index contributed by atoms with van der Waals surface area (Å²) in [6.07, 6.45) is 0.842. The van der Waals surface area contributed by atoms with Crippen molar-refractivity contribution in [1.82, 2.24) is 4.90 Å². The van der Waals surface area contributed by atoms with Crippen LogP contribution < -0.4 is 9.64 Å². The second-order valence-electron chi connectivity index (χ2n) is 4.88. The molecule has 2 amide bonds. The van der Waals surface area contributed by atoms with Gasteiger partial charge in [-0.05, 0) is 24.3 Å². The normalized spacial score (nSPS) is 18.0. The Morgan fingerprint density at radius 1 is 1.33 bits per heavy atom. The Kier molecular flexibility index (Phi) is 4.80. The van der Waals surface area contributed by atoms with Crippen LogP contribution in [0.5, 0.6) is 5.75 Å². The van der Waals surface area contributed by atoms with Crippen LogP contribution in [-0.2, 0) is 14.3 Å². The van der Waals surface area contributed by atoms with E-state index < -0.39 is 0 Å². The fourth-order valence-corrected chi connectivity index (χ4v) is 2.40. The molecule has 1 aromatic rings. The molecular weight excluding hydrogens is 272 g/mol. The van der Waals surface area contributed by atoms with E-state index in [0.29, 0.717) is 18.6 Å². The summed E-state index contributed by atoms with van der Waals surface area (Å²) in [5.74, 6) is 0.589. The summed E-state index contributed by atoms with van der Waals surface area (Å²) in [4.78, 5) is 27.0. The summed E-state index contributed by atoms with van der Waals surface area (Å²) in [7, 11) is 3.16. The number of rotatable bonds is 5. The van der Waals surface area contributed by atoms with E-state index in [0.717, 1.165) is 5.69 Å². The molecule has 6 nitrogen and oxygen atoms in total. The van der Waals surface area contributed by atoms with Crippen molar-refractivity contribution in [3.63, 3.8) is 0 Å². The van der Waals surface area contributed by atoms with E-state index in [1.165, 1.54) is 6.92 Å². The van der Waals surface area contributed by atoms with Crippen molar-refractivity contribution in [3.05, 3.63) is 24.3 Å². The minimum absolute atomic E-state index is 0.00149. The average Bonchev–Trinajstić information content (AvgIpc) is 2.85. The number of benzene rings is 1. The minimum Gasteiger partial charge on any atom is -0.497 e. The number of hydrogen-bond donors (Lipinski definition) is 0. The molecule has 1 aliphatic rings. The Balaban J connectivity index is 2.18. The van der Waals surface area contributed by atoms with E-state index in [9.17, 15) is 9.59 Å². The van der Waals surface area contributed by atoms with Gasteiger partial charge in [0.25, 0.3) is 0 Å². The summed E-state index contributed by atoms with van der Waals surface area (Å²) >= 11 is 0. The molecule has 2 rings (SSSR count). The van der Waals surface area contributed by atoms with E-state index in [1.54, 1.807) is 48.3 Å². The van der Waals surface area contributed by atoms with Crippen molar-refractivity contribution in [2.45, 2.75) is 26.0 Å². The van der Waals surface area contributed by atoms with E-state index in [2.05, 4.69) is 0 Å². The smallest absolute Gasteiger partial charge is 0.226 e. The zero-order valence-corrected chi connectivity index (χ0v) is 12.5. The van der Waals surface area contributed by atoms with Crippen LogP contribution in [0.1, 0.15) is 19.8 Å². The average molecular weight is 292 g/mol. The first-order valence-electron chi connectivity index (χ1n) is 6.81. The van der Waals surface area contributed by atoms with E-state index in [1.807, 2.05) is 0 Å². The molecule has 1 atom stereocenters. The molecule has 1 saturated heterocycles. The van der Waals surface area contributed by atoms with Crippen LogP contribution in [0.25, 0.3) is 0 Å². The first-order chi connectivity index (χ1) is 10.1. The highest BCUT2D eigenvalue weighted by molar-refractivity contribution is 5.92. The molecule has 114 valence electrons. The second kappa shape index (κ2) is 6.58. The quantitative estimate of drug-likeness (QED) is 0.827. The Morgan fingerprint density at radius 3 is 2.52 bits per heavy atom. The van der Waals surface area contributed by atoms with Gasteiger partial charge in [-0.15, -0.1) is 0 Å². The lowest BCUT2D eigenvalue weighted by Gasteiger charge is -2.30. The summed E-state index contributed by atoms with van der Waals surface area (Å²) < 4.78 is 10.4. The van der Waals surface area contributed by atoms with Crippen LogP contribution in [0.2, 0.25) is 0 Å². The van der Waals surface area contributed by atoms with Gasteiger partial charge in [0.2, 0.25) is 11.8 Å². The molecule has 1 fully saturated rings. The highest BCUT2D eigenvalue weighted by Gasteiger charge is 2.32. The highest BCUT2D eigenvalue weighted by Crippen LogP contribution is 2.24.